The van der Waals surface area contributed by atoms with E-state index in [1.165, 1.54) is 89.9 Å². The minimum atomic E-state index is 0.420. The third kappa shape index (κ3) is 16.3. The zero-order valence-electron chi connectivity index (χ0n) is 15.6. The smallest absolute Gasteiger partial charge is 0.104 e. The van der Waals surface area contributed by atoms with Crippen molar-refractivity contribution in [3.05, 3.63) is 12.2 Å². The van der Waals surface area contributed by atoms with E-state index in [0.29, 0.717) is 6.10 Å². The van der Waals surface area contributed by atoms with Crippen molar-refractivity contribution < 1.29 is 9.47 Å². The largest absolute Gasteiger partial charge is 0.379 e. The highest BCUT2D eigenvalue weighted by Crippen LogP contribution is 2.11. The maximum absolute atomic E-state index is 5.54. The molecular weight excluding hydrogens is 284 g/mol. The predicted octanol–water partition coefficient (Wildman–Crippen LogP) is 6.44. The summed E-state index contributed by atoms with van der Waals surface area (Å²) in [4.78, 5) is 0. The number of hydrogen-bond donors (Lipinski definition) is 0. The SMILES string of the molecule is CCCCCCCC/C=C\CCCCCCCCOC[C@@H]1CO1. The maximum Gasteiger partial charge on any atom is 0.104 e. The lowest BCUT2D eigenvalue weighted by atomic mass is 10.1. The summed E-state index contributed by atoms with van der Waals surface area (Å²) < 4.78 is 10.7. The molecule has 0 N–H and O–H groups in total. The minimum Gasteiger partial charge on any atom is -0.379 e. The number of allylic oxidation sites excluding steroid dienone is 2. The third-order valence-electron chi connectivity index (χ3n) is 4.51. The molecule has 0 radical (unpaired) electrons. The number of hydrogen-bond acceptors (Lipinski definition) is 2. The minimum absolute atomic E-state index is 0.420. The Hall–Kier alpha value is -0.340. The Morgan fingerprint density at radius 1 is 0.783 bits per heavy atom. The quantitative estimate of drug-likeness (QED) is 0.164. The summed E-state index contributed by atoms with van der Waals surface area (Å²) in [5, 5.41) is 0. The van der Waals surface area contributed by atoms with Crippen molar-refractivity contribution in [1.82, 2.24) is 0 Å². The lowest BCUT2D eigenvalue weighted by molar-refractivity contribution is 0.113. The van der Waals surface area contributed by atoms with Crippen LogP contribution < -0.4 is 0 Å². The highest BCUT2D eigenvalue weighted by Gasteiger charge is 2.21. The average Bonchev–Trinajstić information content (AvgIpc) is 3.38. The molecule has 1 saturated heterocycles. The summed E-state index contributed by atoms with van der Waals surface area (Å²) in [6, 6.07) is 0. The fourth-order valence-corrected chi connectivity index (χ4v) is 2.83. The van der Waals surface area contributed by atoms with Crippen LogP contribution in [0.25, 0.3) is 0 Å². The van der Waals surface area contributed by atoms with Gasteiger partial charge in [0.05, 0.1) is 13.2 Å². The zero-order valence-corrected chi connectivity index (χ0v) is 15.6. The van der Waals surface area contributed by atoms with Gasteiger partial charge in [0.1, 0.15) is 6.10 Å². The van der Waals surface area contributed by atoms with Gasteiger partial charge in [0, 0.05) is 6.61 Å². The van der Waals surface area contributed by atoms with Crippen molar-refractivity contribution in [3.63, 3.8) is 0 Å². The van der Waals surface area contributed by atoms with Crippen molar-refractivity contribution in [2.24, 2.45) is 0 Å². The molecule has 0 bridgehead atoms. The molecule has 1 heterocycles. The molecule has 2 nitrogen and oxygen atoms in total. The summed E-state index contributed by atoms with van der Waals surface area (Å²) in [6.07, 6.45) is 24.3. The monoisotopic (exact) mass is 324 g/mol. The first-order valence-electron chi connectivity index (χ1n) is 10.3. The number of ether oxygens (including phenoxy) is 2. The summed E-state index contributed by atoms with van der Waals surface area (Å²) in [7, 11) is 0. The van der Waals surface area contributed by atoms with Crippen LogP contribution in [0.2, 0.25) is 0 Å². The van der Waals surface area contributed by atoms with Gasteiger partial charge in [-0.3, -0.25) is 0 Å². The van der Waals surface area contributed by atoms with E-state index in [0.717, 1.165) is 19.8 Å². The molecule has 1 fully saturated rings. The molecule has 0 aliphatic carbocycles. The second kappa shape index (κ2) is 16.5. The van der Waals surface area contributed by atoms with Gasteiger partial charge in [0.25, 0.3) is 0 Å². The van der Waals surface area contributed by atoms with Gasteiger partial charge in [-0.1, -0.05) is 76.9 Å². The molecule has 0 unspecified atom stereocenters. The van der Waals surface area contributed by atoms with E-state index in [1.807, 2.05) is 0 Å². The number of rotatable bonds is 18. The van der Waals surface area contributed by atoms with E-state index in [1.54, 1.807) is 0 Å². The Labute approximate surface area is 145 Å². The Kier molecular flexibility index (Phi) is 14.9. The zero-order chi connectivity index (χ0) is 16.4. The van der Waals surface area contributed by atoms with Crippen LogP contribution in [-0.4, -0.2) is 25.9 Å². The Balaban J connectivity index is 1.65. The second-order valence-electron chi connectivity index (χ2n) is 6.97. The Morgan fingerprint density at radius 2 is 1.30 bits per heavy atom. The van der Waals surface area contributed by atoms with Crippen LogP contribution in [0, 0.1) is 0 Å². The van der Waals surface area contributed by atoms with Crippen molar-refractivity contribution in [2.75, 3.05) is 19.8 Å². The van der Waals surface area contributed by atoms with Crippen molar-refractivity contribution >= 4 is 0 Å². The topological polar surface area (TPSA) is 21.8 Å². The molecule has 0 saturated carbocycles. The molecule has 2 heteroatoms. The highest BCUT2D eigenvalue weighted by molar-refractivity contribution is 4.81. The van der Waals surface area contributed by atoms with Crippen molar-refractivity contribution in [1.29, 1.82) is 0 Å². The average molecular weight is 325 g/mol. The van der Waals surface area contributed by atoms with Gasteiger partial charge in [-0.25, -0.2) is 0 Å². The molecular formula is C21H40O2. The standard InChI is InChI=1S/C21H40O2/c1-2-3-4-5-6-7-8-9-10-11-12-13-14-15-16-17-18-22-19-21-20-23-21/h9-10,21H,2-8,11-20H2,1H3/b10-9-/t21-/m1/s1. The predicted molar refractivity (Wildman–Crippen MR) is 100 cm³/mol. The van der Waals surface area contributed by atoms with E-state index in [-0.39, 0.29) is 0 Å². The third-order valence-corrected chi connectivity index (χ3v) is 4.51. The lowest BCUT2D eigenvalue weighted by Gasteiger charge is -2.02. The molecule has 1 aliphatic heterocycles. The van der Waals surface area contributed by atoms with Crippen LogP contribution in [0.3, 0.4) is 0 Å². The van der Waals surface area contributed by atoms with Gasteiger partial charge in [-0.2, -0.15) is 0 Å². The van der Waals surface area contributed by atoms with E-state index in [4.69, 9.17) is 9.47 Å². The summed E-state index contributed by atoms with van der Waals surface area (Å²) in [5.41, 5.74) is 0. The van der Waals surface area contributed by atoms with Crippen molar-refractivity contribution in [3.8, 4) is 0 Å². The van der Waals surface area contributed by atoms with E-state index < -0.39 is 0 Å². The normalized spacial score (nSPS) is 17.2. The summed E-state index contributed by atoms with van der Waals surface area (Å²) in [6.45, 7) is 4.92. The molecule has 1 atom stereocenters. The second-order valence-corrected chi connectivity index (χ2v) is 6.97. The van der Waals surface area contributed by atoms with Crippen LogP contribution in [0.5, 0.6) is 0 Å². The van der Waals surface area contributed by atoms with Crippen LogP contribution in [-0.2, 0) is 9.47 Å². The fourth-order valence-electron chi connectivity index (χ4n) is 2.83. The molecule has 0 aromatic heterocycles. The lowest BCUT2D eigenvalue weighted by Crippen LogP contribution is -2.02. The van der Waals surface area contributed by atoms with Crippen LogP contribution >= 0.6 is 0 Å². The van der Waals surface area contributed by atoms with Crippen LogP contribution in [0.1, 0.15) is 96.8 Å². The number of epoxide rings is 1. The molecule has 1 rings (SSSR count). The van der Waals surface area contributed by atoms with Gasteiger partial charge in [0.2, 0.25) is 0 Å². The van der Waals surface area contributed by atoms with Gasteiger partial charge >= 0.3 is 0 Å². The van der Waals surface area contributed by atoms with Gasteiger partial charge in [-0.05, 0) is 32.1 Å². The van der Waals surface area contributed by atoms with Gasteiger partial charge in [-0.15, -0.1) is 0 Å². The molecule has 0 amide bonds. The molecule has 136 valence electrons. The first-order chi connectivity index (χ1) is 11.4. The first-order valence-corrected chi connectivity index (χ1v) is 10.3. The summed E-state index contributed by atoms with van der Waals surface area (Å²) >= 11 is 0. The highest BCUT2D eigenvalue weighted by atomic mass is 16.6. The molecule has 0 aromatic carbocycles. The number of unbranched alkanes of at least 4 members (excludes halogenated alkanes) is 12. The van der Waals surface area contributed by atoms with Crippen LogP contribution in [0.15, 0.2) is 12.2 Å². The maximum atomic E-state index is 5.54. The van der Waals surface area contributed by atoms with Gasteiger partial charge in [0.15, 0.2) is 0 Å². The molecule has 1 aliphatic rings. The van der Waals surface area contributed by atoms with E-state index >= 15 is 0 Å². The Bertz CT molecular complexity index is 259. The summed E-state index contributed by atoms with van der Waals surface area (Å²) in [5.74, 6) is 0. The van der Waals surface area contributed by atoms with Gasteiger partial charge < -0.3 is 9.47 Å². The van der Waals surface area contributed by atoms with E-state index in [9.17, 15) is 0 Å². The Morgan fingerprint density at radius 3 is 1.87 bits per heavy atom. The molecule has 23 heavy (non-hydrogen) atoms. The van der Waals surface area contributed by atoms with E-state index in [2.05, 4.69) is 19.1 Å². The molecule has 0 spiro atoms. The van der Waals surface area contributed by atoms with Crippen LogP contribution in [0.4, 0.5) is 0 Å². The van der Waals surface area contributed by atoms with Crippen molar-refractivity contribution in [2.45, 2.75) is 103 Å². The first kappa shape index (κ1) is 20.7. The molecule has 0 aromatic rings. The fraction of sp³-hybridized carbons (Fsp3) is 0.905.